The number of carboxylic acids is 1. The molecule has 6 nitrogen and oxygen atoms in total. The summed E-state index contributed by atoms with van der Waals surface area (Å²) in [5.41, 5.74) is 1.41. The third-order valence-electron chi connectivity index (χ3n) is 5.36. The van der Waals surface area contributed by atoms with Crippen LogP contribution in [0.4, 0.5) is 0 Å². The Labute approximate surface area is 228 Å². The Morgan fingerprint density at radius 2 is 1.43 bits per heavy atom. The molecule has 0 spiro atoms. The molecule has 0 aliphatic rings. The van der Waals surface area contributed by atoms with Gasteiger partial charge in [-0.15, -0.1) is 0 Å². The van der Waals surface area contributed by atoms with Crippen LogP contribution in [0.1, 0.15) is 41.6 Å². The van der Waals surface area contributed by atoms with Crippen LogP contribution in [0.2, 0.25) is 0 Å². The first kappa shape index (κ1) is 28.6. The quantitative estimate of drug-likeness (QED) is 0.196. The number of carboxylic acid groups (broad SMARTS) is 1. The average molecular weight is 485 g/mol. The van der Waals surface area contributed by atoms with Crippen molar-refractivity contribution in [1.82, 2.24) is 0 Å². The molecule has 1 atom stereocenters. The summed E-state index contributed by atoms with van der Waals surface area (Å²) in [6, 6.07) is 24.1. The van der Waals surface area contributed by atoms with E-state index in [0.717, 1.165) is 42.1 Å². The van der Waals surface area contributed by atoms with Crippen LogP contribution in [-0.2, 0) is 16.0 Å². The van der Waals surface area contributed by atoms with Crippen molar-refractivity contribution in [3.63, 3.8) is 0 Å². The maximum absolute atomic E-state index is 12.4. The number of ketones is 1. The summed E-state index contributed by atoms with van der Waals surface area (Å²) in [5, 5.41) is 11.0. The van der Waals surface area contributed by atoms with Crippen LogP contribution in [0.15, 0.2) is 78.9 Å². The van der Waals surface area contributed by atoms with Gasteiger partial charge in [0.2, 0.25) is 0 Å². The molecule has 3 aromatic rings. The number of benzene rings is 3. The Hall–Kier alpha value is -2.64. The minimum Gasteiger partial charge on any atom is -0.547 e. The SMILES string of the molecule is CO[C@@H](Cc1ccc(C(=O)CCCCCOc2ccc(Oc3ccccc3)cc2)cc1)C(=O)[O-].[Na+]. The Morgan fingerprint density at radius 3 is 2.06 bits per heavy atom. The van der Waals surface area contributed by atoms with Gasteiger partial charge < -0.3 is 24.1 Å². The zero-order valence-corrected chi connectivity index (χ0v) is 22.3. The van der Waals surface area contributed by atoms with Gasteiger partial charge in [-0.1, -0.05) is 42.5 Å². The van der Waals surface area contributed by atoms with Crippen LogP contribution < -0.4 is 44.1 Å². The molecule has 0 aliphatic heterocycles. The predicted molar refractivity (Wildman–Crippen MR) is 127 cm³/mol. The van der Waals surface area contributed by atoms with Crippen LogP contribution in [0.25, 0.3) is 0 Å². The number of unbranched alkanes of at least 4 members (excludes halogenated alkanes) is 2. The number of methoxy groups -OCH3 is 1. The number of rotatable bonds is 14. The normalized spacial score (nSPS) is 11.2. The Morgan fingerprint density at radius 1 is 0.800 bits per heavy atom. The molecule has 0 saturated carbocycles. The predicted octanol–water partition coefficient (Wildman–Crippen LogP) is 1.61. The molecule has 0 N–H and O–H groups in total. The molecule has 0 radical (unpaired) electrons. The Balaban J connectivity index is 0.00000432. The first-order chi connectivity index (χ1) is 16.5. The van der Waals surface area contributed by atoms with E-state index in [1.807, 2.05) is 54.6 Å². The van der Waals surface area contributed by atoms with Crippen LogP contribution in [-0.4, -0.2) is 31.6 Å². The smallest absolute Gasteiger partial charge is 0.547 e. The molecule has 3 aromatic carbocycles. The van der Waals surface area contributed by atoms with Gasteiger partial charge in [0.25, 0.3) is 0 Å². The molecule has 0 bridgehead atoms. The molecule has 3 rings (SSSR count). The van der Waals surface area contributed by atoms with Crippen LogP contribution >= 0.6 is 0 Å². The van der Waals surface area contributed by atoms with Crippen LogP contribution in [0.5, 0.6) is 17.2 Å². The van der Waals surface area contributed by atoms with Crippen molar-refractivity contribution < 1.29 is 58.5 Å². The fraction of sp³-hybridized carbons (Fsp3) is 0.286. The van der Waals surface area contributed by atoms with Crippen molar-refractivity contribution in [1.29, 1.82) is 0 Å². The molecule has 0 fully saturated rings. The van der Waals surface area contributed by atoms with E-state index in [4.69, 9.17) is 14.2 Å². The Kier molecular flexibility index (Phi) is 12.6. The summed E-state index contributed by atoms with van der Waals surface area (Å²) >= 11 is 0. The Bertz CT molecular complexity index is 1040. The number of para-hydroxylation sites is 1. The average Bonchev–Trinajstić information content (AvgIpc) is 2.86. The van der Waals surface area contributed by atoms with Crippen molar-refractivity contribution in [2.45, 2.75) is 38.2 Å². The second-order valence-corrected chi connectivity index (χ2v) is 7.91. The van der Waals surface area contributed by atoms with Crippen LogP contribution in [0, 0.1) is 0 Å². The van der Waals surface area contributed by atoms with Gasteiger partial charge in [0, 0.05) is 25.5 Å². The summed E-state index contributed by atoms with van der Waals surface area (Å²) in [4.78, 5) is 23.3. The third-order valence-corrected chi connectivity index (χ3v) is 5.36. The summed E-state index contributed by atoms with van der Waals surface area (Å²) in [7, 11) is 1.33. The topological polar surface area (TPSA) is 84.9 Å². The molecule has 7 heteroatoms. The first-order valence-electron chi connectivity index (χ1n) is 11.4. The van der Waals surface area contributed by atoms with E-state index < -0.39 is 12.1 Å². The largest absolute Gasteiger partial charge is 1.00 e. The molecular weight excluding hydrogens is 455 g/mol. The van der Waals surface area contributed by atoms with Crippen molar-refractivity contribution >= 4 is 11.8 Å². The van der Waals surface area contributed by atoms with Gasteiger partial charge >= 0.3 is 29.6 Å². The summed E-state index contributed by atoms with van der Waals surface area (Å²) < 4.78 is 16.4. The van der Waals surface area contributed by atoms with E-state index >= 15 is 0 Å². The summed E-state index contributed by atoms with van der Waals surface area (Å²) in [5.74, 6) is 1.15. The minimum absolute atomic E-state index is 0. The number of aliphatic carboxylic acids is 1. The molecule has 0 aromatic heterocycles. The van der Waals surface area contributed by atoms with Crippen molar-refractivity contribution in [2.75, 3.05) is 13.7 Å². The minimum atomic E-state index is -1.25. The monoisotopic (exact) mass is 484 g/mol. The molecule has 0 saturated heterocycles. The summed E-state index contributed by atoms with van der Waals surface area (Å²) in [6.45, 7) is 0.584. The molecule has 35 heavy (non-hydrogen) atoms. The fourth-order valence-electron chi connectivity index (χ4n) is 3.43. The van der Waals surface area contributed by atoms with E-state index in [1.165, 1.54) is 7.11 Å². The van der Waals surface area contributed by atoms with Crippen LogP contribution in [0.3, 0.4) is 0 Å². The van der Waals surface area contributed by atoms with E-state index in [2.05, 4.69) is 0 Å². The number of Topliss-reactive ketones (excluding diaryl/α,β-unsaturated/α-hetero) is 1. The van der Waals surface area contributed by atoms with Gasteiger partial charge in [-0.2, -0.15) is 0 Å². The van der Waals surface area contributed by atoms with Gasteiger partial charge in [-0.3, -0.25) is 4.79 Å². The maximum Gasteiger partial charge on any atom is 1.00 e. The number of hydrogen-bond acceptors (Lipinski definition) is 6. The maximum atomic E-state index is 12.4. The van der Waals surface area contributed by atoms with Crippen molar-refractivity contribution in [2.24, 2.45) is 0 Å². The second kappa shape index (κ2) is 15.4. The van der Waals surface area contributed by atoms with E-state index in [-0.39, 0.29) is 41.8 Å². The zero-order valence-electron chi connectivity index (χ0n) is 20.3. The standard InChI is InChI=1S/C28H30O6.Na/c1-32-27(28(30)31)20-21-11-13-22(14-12-21)26(29)10-6-3-7-19-33-23-15-17-25(18-16-23)34-24-8-4-2-5-9-24;/h2,4-5,8-9,11-18,27H,3,6-7,10,19-20H2,1H3,(H,30,31);/q;+1/p-1/t27-;/m0./s1. The number of carbonyl (C=O) groups is 2. The number of hydrogen-bond donors (Lipinski definition) is 0. The molecule has 178 valence electrons. The van der Waals surface area contributed by atoms with Gasteiger partial charge in [-0.25, -0.2) is 0 Å². The molecule has 0 unspecified atom stereocenters. The fourth-order valence-corrected chi connectivity index (χ4v) is 3.43. The third kappa shape index (κ3) is 9.86. The summed E-state index contributed by atoms with van der Waals surface area (Å²) in [6.07, 6.45) is 2.20. The zero-order chi connectivity index (χ0) is 24.2. The number of ether oxygens (including phenoxy) is 3. The van der Waals surface area contributed by atoms with E-state index in [1.54, 1.807) is 24.3 Å². The second-order valence-electron chi connectivity index (χ2n) is 7.91. The molecular formula is C28H29NaO6. The first-order valence-corrected chi connectivity index (χ1v) is 11.4. The van der Waals surface area contributed by atoms with Gasteiger partial charge in [0.15, 0.2) is 5.78 Å². The van der Waals surface area contributed by atoms with Gasteiger partial charge in [0.05, 0.1) is 12.6 Å². The van der Waals surface area contributed by atoms with Crippen molar-refractivity contribution in [3.05, 3.63) is 90.0 Å². The van der Waals surface area contributed by atoms with Gasteiger partial charge in [0.1, 0.15) is 23.4 Å². The molecule has 0 heterocycles. The van der Waals surface area contributed by atoms with E-state index in [0.29, 0.717) is 18.6 Å². The number of carbonyl (C=O) groups excluding carboxylic acids is 2. The van der Waals surface area contributed by atoms with E-state index in [9.17, 15) is 14.7 Å². The molecule has 0 amide bonds. The van der Waals surface area contributed by atoms with Gasteiger partial charge in [-0.05, 0) is 61.2 Å². The molecule has 0 aliphatic carbocycles. The van der Waals surface area contributed by atoms with Crippen molar-refractivity contribution in [3.8, 4) is 17.2 Å².